The van der Waals surface area contributed by atoms with Gasteiger partial charge in [-0.3, -0.25) is 14.5 Å². The molecule has 0 bridgehead atoms. The van der Waals surface area contributed by atoms with Crippen LogP contribution in [-0.4, -0.2) is 47.6 Å². The Morgan fingerprint density at radius 1 is 0.886 bits per heavy atom. The van der Waals surface area contributed by atoms with Gasteiger partial charge in [0, 0.05) is 0 Å². The van der Waals surface area contributed by atoms with Gasteiger partial charge in [-0.2, -0.15) is 0 Å². The van der Waals surface area contributed by atoms with E-state index in [-0.39, 0.29) is 23.4 Å². The maximum absolute atomic E-state index is 14.4. The van der Waals surface area contributed by atoms with Crippen molar-refractivity contribution < 1.29 is 23.5 Å². The molecule has 3 aromatic carbocycles. The van der Waals surface area contributed by atoms with Crippen LogP contribution in [0.1, 0.15) is 48.8 Å². The van der Waals surface area contributed by atoms with Gasteiger partial charge >= 0.3 is 6.09 Å². The van der Waals surface area contributed by atoms with Crippen LogP contribution in [0.3, 0.4) is 0 Å². The van der Waals surface area contributed by atoms with E-state index in [4.69, 9.17) is 9.15 Å². The predicted octanol–water partition coefficient (Wildman–Crippen LogP) is 7.06. The van der Waals surface area contributed by atoms with Crippen LogP contribution >= 0.6 is 11.8 Å². The molecule has 2 atom stereocenters. The third-order valence-electron chi connectivity index (χ3n) is 7.85. The Labute approximate surface area is 263 Å². The highest BCUT2D eigenvalue weighted by molar-refractivity contribution is 7.99. The SMILES string of the molecule is COC(=O)N(C1c2ccccc2-c2ccccc21)[C@@H](CC(C)C)C(=O)N[C@@H](Cc1ccccc1)C(=O)CSCc1ccco1. The number of ketones is 1. The first-order chi connectivity index (χ1) is 21.4. The third kappa shape index (κ3) is 7.08. The summed E-state index contributed by atoms with van der Waals surface area (Å²) >= 11 is 1.44. The normalized spacial score (nSPS) is 13.5. The Bertz CT molecular complexity index is 1520. The Hall–Kier alpha value is -4.30. The predicted molar refractivity (Wildman–Crippen MR) is 173 cm³/mol. The molecule has 1 heterocycles. The minimum absolute atomic E-state index is 0.0805. The van der Waals surface area contributed by atoms with Gasteiger partial charge in [0.25, 0.3) is 0 Å². The summed E-state index contributed by atoms with van der Waals surface area (Å²) < 4.78 is 10.7. The molecule has 7 nitrogen and oxygen atoms in total. The molecule has 1 N–H and O–H groups in total. The highest BCUT2D eigenvalue weighted by Gasteiger charge is 2.43. The van der Waals surface area contributed by atoms with Gasteiger partial charge in [0.05, 0.1) is 37.0 Å². The van der Waals surface area contributed by atoms with E-state index in [0.29, 0.717) is 18.6 Å². The number of thioether (sulfide) groups is 1. The number of nitrogens with one attached hydrogen (secondary N) is 1. The van der Waals surface area contributed by atoms with Crippen LogP contribution in [-0.2, 0) is 26.5 Å². The van der Waals surface area contributed by atoms with Gasteiger partial charge in [0.2, 0.25) is 5.91 Å². The quantitative estimate of drug-likeness (QED) is 0.174. The standard InChI is InChI=1S/C36H38N2O5S/c1-24(2)20-32(38(36(41)42-3)34-29-17-9-7-15-27(29)28-16-8-10-18-30(28)34)35(40)37-31(21-25-12-5-4-6-13-25)33(39)23-44-22-26-14-11-19-43-26/h4-19,24,31-32,34H,20-23H2,1-3H3,(H,37,40)/t31-,32-/m0/s1. The molecular weight excluding hydrogens is 572 g/mol. The van der Waals surface area contributed by atoms with E-state index >= 15 is 0 Å². The number of hydrogen-bond acceptors (Lipinski definition) is 6. The van der Waals surface area contributed by atoms with Crippen molar-refractivity contribution in [1.82, 2.24) is 10.2 Å². The van der Waals surface area contributed by atoms with Crippen molar-refractivity contribution in [1.29, 1.82) is 0 Å². The average molecular weight is 611 g/mol. The second kappa shape index (κ2) is 14.4. The average Bonchev–Trinajstić information content (AvgIpc) is 3.67. The maximum atomic E-state index is 14.4. The highest BCUT2D eigenvalue weighted by atomic mass is 32.2. The van der Waals surface area contributed by atoms with Crippen LogP contribution in [0.25, 0.3) is 11.1 Å². The van der Waals surface area contributed by atoms with Crippen molar-refractivity contribution in [3.8, 4) is 11.1 Å². The van der Waals surface area contributed by atoms with Crippen molar-refractivity contribution in [2.45, 2.75) is 50.6 Å². The lowest BCUT2D eigenvalue weighted by atomic mass is 9.95. The summed E-state index contributed by atoms with van der Waals surface area (Å²) in [6.45, 7) is 4.04. The number of carbonyl (C=O) groups excluding carboxylic acids is 3. The number of rotatable bonds is 13. The van der Waals surface area contributed by atoms with Gasteiger partial charge in [-0.15, -0.1) is 11.8 Å². The monoisotopic (exact) mass is 610 g/mol. The van der Waals surface area contributed by atoms with E-state index in [0.717, 1.165) is 33.6 Å². The highest BCUT2D eigenvalue weighted by Crippen LogP contribution is 2.47. The summed E-state index contributed by atoms with van der Waals surface area (Å²) in [5, 5.41) is 3.07. The Balaban J connectivity index is 1.46. The molecule has 2 amide bonds. The maximum Gasteiger partial charge on any atom is 0.410 e. The third-order valence-corrected chi connectivity index (χ3v) is 8.83. The molecule has 0 spiro atoms. The first-order valence-corrected chi connectivity index (χ1v) is 16.0. The molecule has 0 radical (unpaired) electrons. The first-order valence-electron chi connectivity index (χ1n) is 14.9. The first kappa shape index (κ1) is 31.1. The van der Waals surface area contributed by atoms with Gasteiger partial charge in [-0.25, -0.2) is 4.79 Å². The molecule has 1 aromatic heterocycles. The molecular formula is C36H38N2O5S. The van der Waals surface area contributed by atoms with Gasteiger partial charge in [0.15, 0.2) is 5.78 Å². The fourth-order valence-corrected chi connectivity index (χ4v) is 6.72. The molecule has 0 saturated heterocycles. The fraction of sp³-hybridized carbons (Fsp3) is 0.306. The largest absolute Gasteiger partial charge is 0.468 e. The van der Waals surface area contributed by atoms with E-state index in [2.05, 4.69) is 5.32 Å². The van der Waals surface area contributed by atoms with Crippen LogP contribution in [0.4, 0.5) is 4.79 Å². The zero-order chi connectivity index (χ0) is 31.1. The summed E-state index contributed by atoms with van der Waals surface area (Å²) in [6, 6.07) is 27.1. The van der Waals surface area contributed by atoms with E-state index in [9.17, 15) is 14.4 Å². The number of Topliss-reactive ketones (excluding diaryl/α,β-unsaturated/α-hetero) is 1. The molecule has 1 aliphatic carbocycles. The van der Waals surface area contributed by atoms with Crippen LogP contribution in [0, 0.1) is 5.92 Å². The Kier molecular flexibility index (Phi) is 10.2. The van der Waals surface area contributed by atoms with Gasteiger partial charge in [0.1, 0.15) is 11.8 Å². The number of amides is 2. The summed E-state index contributed by atoms with van der Waals surface area (Å²) in [4.78, 5) is 43.2. The van der Waals surface area contributed by atoms with Crippen molar-refractivity contribution in [2.75, 3.05) is 12.9 Å². The second-order valence-corrected chi connectivity index (χ2v) is 12.4. The van der Waals surface area contributed by atoms with Gasteiger partial charge in [-0.05, 0) is 58.7 Å². The van der Waals surface area contributed by atoms with Crippen LogP contribution in [0.2, 0.25) is 0 Å². The number of ether oxygens (including phenoxy) is 1. The van der Waals surface area contributed by atoms with E-state index in [1.165, 1.54) is 18.9 Å². The van der Waals surface area contributed by atoms with Crippen molar-refractivity contribution in [2.24, 2.45) is 5.92 Å². The molecule has 0 saturated carbocycles. The smallest absolute Gasteiger partial charge is 0.410 e. The van der Waals surface area contributed by atoms with Crippen molar-refractivity contribution >= 4 is 29.5 Å². The molecule has 1 aliphatic rings. The fourth-order valence-electron chi connectivity index (χ4n) is 5.85. The lowest BCUT2D eigenvalue weighted by Gasteiger charge is -2.37. The number of hydrogen-bond donors (Lipinski definition) is 1. The van der Waals surface area contributed by atoms with E-state index < -0.39 is 24.2 Å². The molecule has 228 valence electrons. The molecule has 8 heteroatoms. The second-order valence-electron chi connectivity index (χ2n) is 11.4. The summed E-state index contributed by atoms with van der Waals surface area (Å²) in [5.74, 6) is 1.15. The number of nitrogens with zero attached hydrogens (tertiary/aromatic N) is 1. The molecule has 5 rings (SSSR count). The number of methoxy groups -OCH3 is 1. The summed E-state index contributed by atoms with van der Waals surface area (Å²) in [7, 11) is 1.34. The van der Waals surface area contributed by atoms with Crippen LogP contribution in [0.15, 0.2) is 102 Å². The minimum atomic E-state index is -0.881. The minimum Gasteiger partial charge on any atom is -0.468 e. The molecule has 0 unspecified atom stereocenters. The van der Waals surface area contributed by atoms with Crippen molar-refractivity contribution in [3.63, 3.8) is 0 Å². The lowest BCUT2D eigenvalue weighted by molar-refractivity contribution is -0.131. The van der Waals surface area contributed by atoms with E-state index in [1.54, 1.807) is 11.2 Å². The number of furan rings is 1. The number of benzene rings is 3. The van der Waals surface area contributed by atoms with Crippen molar-refractivity contribution in [3.05, 3.63) is 120 Å². The zero-order valence-electron chi connectivity index (χ0n) is 25.3. The number of carbonyl (C=O) groups is 3. The van der Waals surface area contributed by atoms with Crippen LogP contribution < -0.4 is 5.32 Å². The summed E-state index contributed by atoms with van der Waals surface area (Å²) in [6.07, 6.45) is 1.75. The Morgan fingerprint density at radius 2 is 1.52 bits per heavy atom. The van der Waals surface area contributed by atoms with Gasteiger partial charge < -0.3 is 14.5 Å². The zero-order valence-corrected chi connectivity index (χ0v) is 26.1. The molecule has 44 heavy (non-hydrogen) atoms. The Morgan fingerprint density at radius 3 is 2.11 bits per heavy atom. The van der Waals surface area contributed by atoms with Gasteiger partial charge in [-0.1, -0.05) is 92.7 Å². The summed E-state index contributed by atoms with van der Waals surface area (Å²) in [5.41, 5.74) is 4.86. The molecule has 0 fully saturated rings. The van der Waals surface area contributed by atoms with Crippen LogP contribution in [0.5, 0.6) is 0 Å². The number of fused-ring (bicyclic) bond motifs is 3. The topological polar surface area (TPSA) is 88.9 Å². The molecule has 4 aromatic rings. The molecule has 0 aliphatic heterocycles. The van der Waals surface area contributed by atoms with E-state index in [1.807, 2.05) is 105 Å². The lowest BCUT2D eigenvalue weighted by Crippen LogP contribution is -2.55.